The summed E-state index contributed by atoms with van der Waals surface area (Å²) < 4.78 is 0. The highest BCUT2D eigenvalue weighted by Gasteiger charge is 2.42. The number of piperidine rings is 1. The van der Waals surface area contributed by atoms with E-state index in [-0.39, 0.29) is 29.9 Å². The first-order chi connectivity index (χ1) is 17.9. The molecule has 0 radical (unpaired) electrons. The Morgan fingerprint density at radius 2 is 1.73 bits per heavy atom. The van der Waals surface area contributed by atoms with E-state index in [0.717, 1.165) is 30.8 Å². The first-order valence-electron chi connectivity index (χ1n) is 12.7. The molecule has 3 N–H and O–H groups in total. The van der Waals surface area contributed by atoms with Gasteiger partial charge in [-0.15, -0.1) is 0 Å². The maximum absolute atomic E-state index is 12.9. The average molecular weight is 505 g/mol. The van der Waals surface area contributed by atoms with Gasteiger partial charge in [-0.2, -0.15) is 0 Å². The van der Waals surface area contributed by atoms with Crippen molar-refractivity contribution in [3.63, 3.8) is 0 Å². The molecule has 0 saturated carbocycles. The summed E-state index contributed by atoms with van der Waals surface area (Å²) in [5.74, 6) is -1.38. The van der Waals surface area contributed by atoms with Crippen LogP contribution in [-0.2, 0) is 14.4 Å². The Morgan fingerprint density at radius 1 is 1.03 bits per heavy atom. The molecule has 4 amide bonds. The third kappa shape index (κ3) is 5.87. The highest BCUT2D eigenvalue weighted by molar-refractivity contribution is 6.23. The Balaban J connectivity index is 1.26. The summed E-state index contributed by atoms with van der Waals surface area (Å²) in [6.45, 7) is 2.06. The van der Waals surface area contributed by atoms with Crippen molar-refractivity contribution < 1.29 is 24.0 Å². The van der Waals surface area contributed by atoms with E-state index in [1.807, 2.05) is 11.0 Å². The number of rotatable bonds is 11. The minimum atomic E-state index is -1.17. The van der Waals surface area contributed by atoms with Crippen molar-refractivity contribution in [2.45, 2.75) is 50.5 Å². The van der Waals surface area contributed by atoms with E-state index in [1.165, 1.54) is 11.6 Å². The van der Waals surface area contributed by atoms with Crippen LogP contribution in [0.3, 0.4) is 0 Å². The van der Waals surface area contributed by atoms with Gasteiger partial charge < -0.3 is 20.7 Å². The summed E-state index contributed by atoms with van der Waals surface area (Å²) in [5, 5.41) is 3.21. The third-order valence-electron chi connectivity index (χ3n) is 7.13. The molecule has 4 rings (SSSR count). The van der Waals surface area contributed by atoms with Crippen LogP contribution in [0.4, 0.5) is 5.69 Å². The van der Waals surface area contributed by atoms with Gasteiger partial charge in [-0.25, -0.2) is 0 Å². The standard InChI is InChI=1S/C28H32N4O5/c29-26(35)24(8-5-17-33)32-27(36)22-11-10-21(18-23(22)28(32)37)30-14-4-9-25(34)31-15-12-20(13-16-31)19-6-2-1-3-7-19/h1-3,6-7,10-11,17-18,20,24,30H,4-5,8-9,12-16H2,(H2,29,35). The number of imide groups is 1. The van der Waals surface area contributed by atoms with Gasteiger partial charge in [0.1, 0.15) is 12.3 Å². The molecule has 2 aliphatic heterocycles. The fraction of sp³-hybridized carbons (Fsp3) is 0.393. The summed E-state index contributed by atoms with van der Waals surface area (Å²) in [7, 11) is 0. The van der Waals surface area contributed by atoms with Gasteiger partial charge in [-0.1, -0.05) is 30.3 Å². The molecule has 37 heavy (non-hydrogen) atoms. The molecule has 0 spiro atoms. The first-order valence-corrected chi connectivity index (χ1v) is 12.7. The van der Waals surface area contributed by atoms with Gasteiger partial charge in [0.05, 0.1) is 11.1 Å². The van der Waals surface area contributed by atoms with Crippen LogP contribution in [0.5, 0.6) is 0 Å². The Morgan fingerprint density at radius 3 is 2.41 bits per heavy atom. The quantitative estimate of drug-likeness (QED) is 0.275. The maximum atomic E-state index is 12.9. The van der Waals surface area contributed by atoms with Gasteiger partial charge in [-0.05, 0) is 55.4 Å². The Kier molecular flexibility index (Phi) is 8.32. The summed E-state index contributed by atoms with van der Waals surface area (Å²) >= 11 is 0. The molecule has 2 aliphatic rings. The predicted octanol–water partition coefficient (Wildman–Crippen LogP) is 2.71. The number of anilines is 1. The topological polar surface area (TPSA) is 130 Å². The molecular weight excluding hydrogens is 472 g/mol. The minimum absolute atomic E-state index is 0.00658. The van der Waals surface area contributed by atoms with Gasteiger partial charge in [-0.3, -0.25) is 24.1 Å². The zero-order valence-electron chi connectivity index (χ0n) is 20.7. The molecule has 9 heteroatoms. The number of likely N-dealkylation sites (tertiary alicyclic amines) is 1. The summed E-state index contributed by atoms with van der Waals surface area (Å²) in [6.07, 6.45) is 3.62. The number of nitrogens with zero attached hydrogens (tertiary/aromatic N) is 2. The number of primary amides is 1. The monoisotopic (exact) mass is 504 g/mol. The fourth-order valence-electron chi connectivity index (χ4n) is 5.09. The number of carbonyl (C=O) groups excluding carboxylic acids is 5. The summed E-state index contributed by atoms with van der Waals surface area (Å²) in [4.78, 5) is 63.7. The Bertz CT molecular complexity index is 1170. The number of carbonyl (C=O) groups is 5. The van der Waals surface area contributed by atoms with E-state index < -0.39 is 23.8 Å². The number of nitrogens with two attached hydrogens (primary N) is 1. The molecule has 194 valence electrons. The van der Waals surface area contributed by atoms with Crippen molar-refractivity contribution in [3.05, 3.63) is 65.2 Å². The van der Waals surface area contributed by atoms with Crippen molar-refractivity contribution in [1.82, 2.24) is 9.80 Å². The second-order valence-corrected chi connectivity index (χ2v) is 9.50. The Labute approximate surface area is 216 Å². The fourth-order valence-corrected chi connectivity index (χ4v) is 5.09. The van der Waals surface area contributed by atoms with Crippen molar-refractivity contribution in [2.75, 3.05) is 25.0 Å². The molecule has 2 aromatic rings. The van der Waals surface area contributed by atoms with E-state index in [2.05, 4.69) is 29.6 Å². The van der Waals surface area contributed by atoms with Crippen LogP contribution in [0.1, 0.15) is 70.7 Å². The molecule has 1 atom stereocenters. The molecular formula is C28H32N4O5. The molecule has 1 saturated heterocycles. The SMILES string of the molecule is NC(=O)C(CCC=O)N1C(=O)c2ccc(NCCCC(=O)N3CCC(c4ccccc4)CC3)cc2C1=O. The third-order valence-corrected chi connectivity index (χ3v) is 7.13. The normalized spacial score (nSPS) is 16.4. The lowest BCUT2D eigenvalue weighted by atomic mass is 9.89. The van der Waals surface area contributed by atoms with E-state index in [1.54, 1.807) is 12.1 Å². The largest absolute Gasteiger partial charge is 0.385 e. The molecule has 1 fully saturated rings. The zero-order chi connectivity index (χ0) is 26.4. The molecule has 9 nitrogen and oxygen atoms in total. The van der Waals surface area contributed by atoms with E-state index >= 15 is 0 Å². The molecule has 1 unspecified atom stereocenters. The lowest BCUT2D eigenvalue weighted by Crippen LogP contribution is -2.47. The van der Waals surface area contributed by atoms with Crippen LogP contribution in [0, 0.1) is 0 Å². The minimum Gasteiger partial charge on any atom is -0.385 e. The van der Waals surface area contributed by atoms with Gasteiger partial charge in [0.15, 0.2) is 0 Å². The first kappa shape index (κ1) is 26.1. The predicted molar refractivity (Wildman–Crippen MR) is 138 cm³/mol. The van der Waals surface area contributed by atoms with Crippen molar-refractivity contribution in [2.24, 2.45) is 5.73 Å². The Hall–Kier alpha value is -4.01. The van der Waals surface area contributed by atoms with Gasteiger partial charge in [0, 0.05) is 38.2 Å². The van der Waals surface area contributed by atoms with Crippen molar-refractivity contribution in [1.29, 1.82) is 0 Å². The second-order valence-electron chi connectivity index (χ2n) is 9.50. The maximum Gasteiger partial charge on any atom is 0.262 e. The molecule has 2 aromatic carbocycles. The summed E-state index contributed by atoms with van der Waals surface area (Å²) in [5.41, 5.74) is 7.75. The molecule has 0 aliphatic carbocycles. The highest BCUT2D eigenvalue weighted by atomic mass is 16.2. The average Bonchev–Trinajstić information content (AvgIpc) is 3.16. The number of nitrogens with one attached hydrogen (secondary N) is 1. The van der Waals surface area contributed by atoms with E-state index in [4.69, 9.17) is 5.73 Å². The molecule has 2 heterocycles. The van der Waals surface area contributed by atoms with Crippen LogP contribution in [-0.4, -0.2) is 65.4 Å². The second kappa shape index (κ2) is 11.8. The number of aldehydes is 1. The van der Waals surface area contributed by atoms with Gasteiger partial charge >= 0.3 is 0 Å². The number of hydrogen-bond donors (Lipinski definition) is 2. The smallest absolute Gasteiger partial charge is 0.262 e. The van der Waals surface area contributed by atoms with Gasteiger partial charge in [0.2, 0.25) is 11.8 Å². The number of hydrogen-bond acceptors (Lipinski definition) is 6. The van der Waals surface area contributed by atoms with E-state index in [0.29, 0.717) is 37.3 Å². The number of benzene rings is 2. The summed E-state index contributed by atoms with van der Waals surface area (Å²) in [6, 6.07) is 14.1. The van der Waals surface area contributed by atoms with Crippen LogP contribution in [0.25, 0.3) is 0 Å². The van der Waals surface area contributed by atoms with Crippen LogP contribution >= 0.6 is 0 Å². The van der Waals surface area contributed by atoms with Crippen LogP contribution in [0.15, 0.2) is 48.5 Å². The van der Waals surface area contributed by atoms with Gasteiger partial charge in [0.25, 0.3) is 11.8 Å². The lowest BCUT2D eigenvalue weighted by molar-refractivity contribution is -0.132. The lowest BCUT2D eigenvalue weighted by Gasteiger charge is -2.32. The molecule has 0 bridgehead atoms. The molecule has 0 aromatic heterocycles. The van der Waals surface area contributed by atoms with Crippen LogP contribution in [0.2, 0.25) is 0 Å². The number of amides is 4. The zero-order valence-corrected chi connectivity index (χ0v) is 20.7. The number of fused-ring (bicyclic) bond motifs is 1. The highest BCUT2D eigenvalue weighted by Crippen LogP contribution is 2.29. The van der Waals surface area contributed by atoms with Crippen molar-refractivity contribution >= 4 is 35.6 Å². The van der Waals surface area contributed by atoms with Crippen LogP contribution < -0.4 is 11.1 Å². The van der Waals surface area contributed by atoms with E-state index in [9.17, 15) is 24.0 Å². The van der Waals surface area contributed by atoms with Crippen molar-refractivity contribution in [3.8, 4) is 0 Å².